The number of rotatable bonds is 14. The molecule has 2 atom stereocenters. The van der Waals surface area contributed by atoms with Crippen LogP contribution in [0.4, 0.5) is 0 Å². The summed E-state index contributed by atoms with van der Waals surface area (Å²) in [5, 5.41) is 17.4. The molecule has 0 amide bonds. The van der Waals surface area contributed by atoms with E-state index in [0.717, 1.165) is 0 Å². The summed E-state index contributed by atoms with van der Waals surface area (Å²) < 4.78 is 20.8. The van der Waals surface area contributed by atoms with Crippen LogP contribution in [0.2, 0.25) is 0 Å². The first-order valence-electron chi connectivity index (χ1n) is 10.4. The molecule has 2 rings (SSSR count). The van der Waals surface area contributed by atoms with Crippen molar-refractivity contribution in [3.05, 3.63) is 65.8 Å². The molecule has 186 valence electrons. The van der Waals surface area contributed by atoms with E-state index in [0.29, 0.717) is 16.9 Å². The fraction of sp³-hybridized carbons (Fsp3) is 0.280. The third-order valence-electron chi connectivity index (χ3n) is 4.64. The Morgan fingerprint density at radius 3 is 2.23 bits per heavy atom. The molecule has 0 saturated carbocycles. The van der Waals surface area contributed by atoms with Crippen LogP contribution in [0.25, 0.3) is 6.08 Å². The quantitative estimate of drug-likeness (QED) is 0.296. The average molecular weight is 486 g/mol. The van der Waals surface area contributed by atoms with Crippen LogP contribution < -0.4 is 9.47 Å². The monoisotopic (exact) mass is 486 g/mol. The number of carbonyl (C=O) groups excluding carboxylic acids is 2. The van der Waals surface area contributed by atoms with Gasteiger partial charge >= 0.3 is 11.9 Å². The van der Waals surface area contributed by atoms with E-state index in [4.69, 9.17) is 29.2 Å². The lowest BCUT2D eigenvalue weighted by Crippen LogP contribution is -2.31. The van der Waals surface area contributed by atoms with E-state index in [2.05, 4.69) is 0 Å². The molecule has 0 aromatic heterocycles. The van der Waals surface area contributed by atoms with Crippen molar-refractivity contribution in [3.8, 4) is 11.5 Å². The van der Waals surface area contributed by atoms with Crippen LogP contribution >= 0.6 is 0 Å². The van der Waals surface area contributed by atoms with Gasteiger partial charge in [-0.25, -0.2) is 9.59 Å². The molecule has 0 spiro atoms. The zero-order valence-electron chi connectivity index (χ0n) is 19.2. The van der Waals surface area contributed by atoms with E-state index in [9.17, 15) is 19.2 Å². The van der Waals surface area contributed by atoms with Gasteiger partial charge < -0.3 is 29.2 Å². The molecule has 0 saturated heterocycles. The van der Waals surface area contributed by atoms with Gasteiger partial charge in [0.05, 0.1) is 13.5 Å². The number of allylic oxidation sites excluding steroid dienone is 5. The predicted octanol–water partition coefficient (Wildman–Crippen LogP) is 2.24. The lowest BCUT2D eigenvalue weighted by atomic mass is 10.0. The minimum atomic E-state index is -1.12. The molecule has 1 aliphatic carbocycles. The van der Waals surface area contributed by atoms with Crippen molar-refractivity contribution in [1.29, 1.82) is 0 Å². The first-order valence-corrected chi connectivity index (χ1v) is 10.4. The number of carboxylic acids is 2. The van der Waals surface area contributed by atoms with E-state index in [1.807, 2.05) is 0 Å². The summed E-state index contributed by atoms with van der Waals surface area (Å²) in [4.78, 5) is 45.7. The van der Waals surface area contributed by atoms with Crippen molar-refractivity contribution in [1.82, 2.24) is 0 Å². The van der Waals surface area contributed by atoms with Crippen LogP contribution in [0.15, 0.2) is 60.2 Å². The first kappa shape index (κ1) is 27.2. The van der Waals surface area contributed by atoms with Crippen molar-refractivity contribution in [2.75, 3.05) is 27.4 Å². The van der Waals surface area contributed by atoms with Crippen LogP contribution in [-0.2, 0) is 28.7 Å². The second-order valence-corrected chi connectivity index (χ2v) is 7.26. The second-order valence-electron chi connectivity index (χ2n) is 7.26. The van der Waals surface area contributed by atoms with Gasteiger partial charge in [-0.3, -0.25) is 9.59 Å². The van der Waals surface area contributed by atoms with E-state index >= 15 is 0 Å². The lowest BCUT2D eigenvalue weighted by molar-refractivity contribution is -0.145. The molecule has 0 fully saturated rings. The zero-order chi connectivity index (χ0) is 25.8. The first-order chi connectivity index (χ1) is 16.7. The van der Waals surface area contributed by atoms with Gasteiger partial charge in [0.1, 0.15) is 18.8 Å². The highest BCUT2D eigenvalue weighted by atomic mass is 16.5. The van der Waals surface area contributed by atoms with E-state index in [1.54, 1.807) is 30.4 Å². The third kappa shape index (κ3) is 9.40. The number of hydrogen-bond acceptors (Lipinski definition) is 8. The number of aliphatic carboxylic acids is 2. The topological polar surface area (TPSA) is 146 Å². The molecule has 2 N–H and O–H groups in total. The molecule has 0 aliphatic heterocycles. The van der Waals surface area contributed by atoms with Crippen molar-refractivity contribution in [2.24, 2.45) is 0 Å². The molecular formula is C25H26O10. The summed E-state index contributed by atoms with van der Waals surface area (Å²) >= 11 is 0. The summed E-state index contributed by atoms with van der Waals surface area (Å²) in [6.45, 7) is -0.977. The summed E-state index contributed by atoms with van der Waals surface area (Å²) in [5.74, 6) is -2.47. The SMILES string of the molecule is COc1cc(/C=C/C(=O)CC(=O)/C=C/C2=CC(OC)C(OCC(=O)O)C=C2)ccc1OCC(=O)O. The van der Waals surface area contributed by atoms with Crippen molar-refractivity contribution < 1.29 is 48.3 Å². The van der Waals surface area contributed by atoms with Gasteiger partial charge in [-0.1, -0.05) is 30.4 Å². The Morgan fingerprint density at radius 1 is 0.914 bits per heavy atom. The molecule has 1 aromatic carbocycles. The summed E-state index contributed by atoms with van der Waals surface area (Å²) in [6.07, 6.45) is 9.18. The Balaban J connectivity index is 1.92. The molecule has 0 bridgehead atoms. The fourth-order valence-corrected chi connectivity index (χ4v) is 3.00. The summed E-state index contributed by atoms with van der Waals surface area (Å²) in [6, 6.07) is 4.72. The minimum Gasteiger partial charge on any atom is -0.493 e. The van der Waals surface area contributed by atoms with Crippen molar-refractivity contribution in [2.45, 2.75) is 18.6 Å². The maximum Gasteiger partial charge on any atom is 0.341 e. The van der Waals surface area contributed by atoms with Gasteiger partial charge in [-0.05, 0) is 41.5 Å². The Kier molecular flexibility index (Phi) is 10.6. The minimum absolute atomic E-state index is 0.250. The Bertz CT molecular complexity index is 1060. The fourth-order valence-electron chi connectivity index (χ4n) is 3.00. The van der Waals surface area contributed by atoms with Gasteiger partial charge in [0.2, 0.25) is 0 Å². The number of hydrogen-bond donors (Lipinski definition) is 2. The number of ether oxygens (including phenoxy) is 4. The maximum atomic E-state index is 12.2. The van der Waals surface area contributed by atoms with Crippen molar-refractivity contribution >= 4 is 29.6 Å². The van der Waals surface area contributed by atoms with Gasteiger partial charge in [0.15, 0.2) is 29.7 Å². The number of ketones is 2. The number of carboxylic acid groups (broad SMARTS) is 2. The molecule has 10 heteroatoms. The third-order valence-corrected chi connectivity index (χ3v) is 4.64. The van der Waals surface area contributed by atoms with Gasteiger partial charge in [0.25, 0.3) is 0 Å². The van der Waals surface area contributed by atoms with E-state index < -0.39 is 48.9 Å². The standard InChI is InChI=1S/C25H26O10/c1-32-22-11-16(5-9-20(22)34-14-24(28)29)3-7-18(26)13-19(27)8-4-17-6-10-21(23(12-17)33-2)35-15-25(30)31/h3-12,20,22H,13-15H2,1-2H3,(H,28,29)(H,30,31)/b7-3+,8-4+. The normalized spacial score (nSPS) is 17.4. The van der Waals surface area contributed by atoms with Gasteiger partial charge in [0, 0.05) is 7.11 Å². The summed E-state index contributed by atoms with van der Waals surface area (Å²) in [5.41, 5.74) is 1.25. The highest BCUT2D eigenvalue weighted by Gasteiger charge is 2.21. The molecule has 1 aromatic rings. The highest BCUT2D eigenvalue weighted by Crippen LogP contribution is 2.28. The van der Waals surface area contributed by atoms with Crippen LogP contribution in [-0.4, -0.2) is 73.4 Å². The molecule has 1 aliphatic rings. The number of carbonyl (C=O) groups is 4. The van der Waals surface area contributed by atoms with E-state index in [-0.39, 0.29) is 12.2 Å². The predicted molar refractivity (Wildman–Crippen MR) is 124 cm³/mol. The Morgan fingerprint density at radius 2 is 1.60 bits per heavy atom. The van der Waals surface area contributed by atoms with Crippen LogP contribution in [0, 0.1) is 0 Å². The number of methoxy groups -OCH3 is 2. The summed E-state index contributed by atoms with van der Waals surface area (Å²) in [7, 11) is 2.86. The highest BCUT2D eigenvalue weighted by molar-refractivity contribution is 6.09. The molecule has 0 radical (unpaired) electrons. The van der Waals surface area contributed by atoms with E-state index in [1.165, 1.54) is 44.6 Å². The zero-order valence-corrected chi connectivity index (χ0v) is 19.2. The average Bonchev–Trinajstić information content (AvgIpc) is 2.83. The lowest BCUT2D eigenvalue weighted by Gasteiger charge is -2.23. The molecule has 35 heavy (non-hydrogen) atoms. The number of benzene rings is 1. The Labute approximate surface area is 201 Å². The second kappa shape index (κ2) is 13.6. The Hall–Kier alpha value is -4.02. The molecule has 2 unspecified atom stereocenters. The molecule has 0 heterocycles. The van der Waals surface area contributed by atoms with Crippen LogP contribution in [0.5, 0.6) is 11.5 Å². The van der Waals surface area contributed by atoms with Gasteiger partial charge in [-0.15, -0.1) is 0 Å². The van der Waals surface area contributed by atoms with Crippen LogP contribution in [0.3, 0.4) is 0 Å². The van der Waals surface area contributed by atoms with Crippen molar-refractivity contribution in [3.63, 3.8) is 0 Å². The molecule has 10 nitrogen and oxygen atoms in total. The molecular weight excluding hydrogens is 460 g/mol. The maximum absolute atomic E-state index is 12.2. The smallest absolute Gasteiger partial charge is 0.341 e. The largest absolute Gasteiger partial charge is 0.493 e. The van der Waals surface area contributed by atoms with Gasteiger partial charge in [-0.2, -0.15) is 0 Å². The van der Waals surface area contributed by atoms with Crippen LogP contribution in [0.1, 0.15) is 12.0 Å².